The van der Waals surface area contributed by atoms with Gasteiger partial charge in [-0.2, -0.15) is 0 Å². The molecule has 328 valence electrons. The zero-order chi connectivity index (χ0) is 43.5. The van der Waals surface area contributed by atoms with Gasteiger partial charge in [-0.3, -0.25) is 9.59 Å². The molecule has 3 aliphatic heterocycles. The van der Waals surface area contributed by atoms with Crippen molar-refractivity contribution in [3.05, 3.63) is 83.9 Å². The maximum atomic E-state index is 13.9. The number of aromatic nitrogens is 4. The predicted octanol–water partition coefficient (Wildman–Crippen LogP) is 7.78. The number of benzene rings is 1. The summed E-state index contributed by atoms with van der Waals surface area (Å²) in [6, 6.07) is 6.28. The van der Waals surface area contributed by atoms with Gasteiger partial charge >= 0.3 is 12.2 Å². The second-order valence-corrected chi connectivity index (χ2v) is 16.4. The van der Waals surface area contributed by atoms with Gasteiger partial charge in [0.05, 0.1) is 50.0 Å². The van der Waals surface area contributed by atoms with Gasteiger partial charge in [0, 0.05) is 31.5 Å². The van der Waals surface area contributed by atoms with E-state index >= 15 is 0 Å². The van der Waals surface area contributed by atoms with Crippen LogP contribution >= 0.6 is 0 Å². The number of nitrogens with zero attached hydrogens (tertiary/aromatic N) is 4. The monoisotopic (exact) mass is 838 g/mol. The first kappa shape index (κ1) is 44.8. The smallest absolute Gasteiger partial charge is 0.407 e. The van der Waals surface area contributed by atoms with Gasteiger partial charge in [0.25, 0.3) is 0 Å². The van der Waals surface area contributed by atoms with Gasteiger partial charge in [-0.1, -0.05) is 88.6 Å². The van der Waals surface area contributed by atoms with E-state index in [1.165, 1.54) is 14.2 Å². The molecule has 2 aromatic heterocycles. The number of likely N-dealkylation sites (tertiary alicyclic amines) is 1. The Morgan fingerprint density at radius 2 is 1.62 bits per heavy atom. The number of alkyl carbamates (subject to hydrolysis) is 2. The van der Waals surface area contributed by atoms with Gasteiger partial charge in [0.15, 0.2) is 0 Å². The lowest BCUT2D eigenvalue weighted by Gasteiger charge is -2.29. The largest absolute Gasteiger partial charge is 0.453 e. The van der Waals surface area contributed by atoms with Crippen LogP contribution in [0.25, 0.3) is 22.4 Å². The summed E-state index contributed by atoms with van der Waals surface area (Å²) in [5, 5.41) is 5.49. The molecular formula is C46H62N8O7. The molecule has 2 bridgehead atoms. The van der Waals surface area contributed by atoms with Gasteiger partial charge in [-0.25, -0.2) is 19.6 Å². The number of methoxy groups -OCH3 is 2. The maximum Gasteiger partial charge on any atom is 0.407 e. The van der Waals surface area contributed by atoms with E-state index in [0.717, 1.165) is 97.1 Å². The first-order chi connectivity index (χ1) is 29.5. The number of allylic oxidation sites excluding steroid dienone is 5. The summed E-state index contributed by atoms with van der Waals surface area (Å²) in [5.74, 6) is 1.04. The topological polar surface area (TPSA) is 184 Å². The van der Waals surface area contributed by atoms with Gasteiger partial charge in [-0.15, -0.1) is 0 Å². The molecule has 6 rings (SSSR count). The Morgan fingerprint density at radius 3 is 2.36 bits per heavy atom. The highest BCUT2D eigenvalue weighted by molar-refractivity contribution is 5.87. The number of aromatic amines is 2. The van der Waals surface area contributed by atoms with Crippen LogP contribution in [0, 0.1) is 5.92 Å². The van der Waals surface area contributed by atoms with Gasteiger partial charge in [-0.05, 0) is 68.1 Å². The molecule has 0 radical (unpaired) electrons. The Balaban J connectivity index is 1.19. The molecule has 2 fully saturated rings. The van der Waals surface area contributed by atoms with E-state index < -0.39 is 24.3 Å². The summed E-state index contributed by atoms with van der Waals surface area (Å²) in [6.07, 6.45) is 15.1. The fourth-order valence-corrected chi connectivity index (χ4v) is 8.51. The Kier molecular flexibility index (Phi) is 15.6. The molecule has 0 unspecified atom stereocenters. The van der Waals surface area contributed by atoms with E-state index in [4.69, 9.17) is 24.2 Å². The van der Waals surface area contributed by atoms with Gasteiger partial charge in [0.1, 0.15) is 23.7 Å². The van der Waals surface area contributed by atoms with Crippen LogP contribution in [0.2, 0.25) is 0 Å². The number of carbonyl (C=O) groups is 4. The van der Waals surface area contributed by atoms with Crippen LogP contribution in [0.5, 0.6) is 0 Å². The minimum absolute atomic E-state index is 0.112. The summed E-state index contributed by atoms with van der Waals surface area (Å²) in [5.41, 5.74) is 6.16. The van der Waals surface area contributed by atoms with Crippen molar-refractivity contribution in [2.75, 3.05) is 33.9 Å². The number of rotatable bonds is 10. The fraction of sp³-hybridized carbons (Fsp3) is 0.522. The summed E-state index contributed by atoms with van der Waals surface area (Å²) in [7, 11) is 2.60. The minimum Gasteiger partial charge on any atom is -0.453 e. The first-order valence-electron chi connectivity index (χ1n) is 21.7. The van der Waals surface area contributed by atoms with Crippen LogP contribution in [0.15, 0.2) is 55.3 Å². The second-order valence-electron chi connectivity index (χ2n) is 16.4. The lowest BCUT2D eigenvalue weighted by molar-refractivity contribution is -0.135. The third-order valence-corrected chi connectivity index (χ3v) is 11.9. The molecule has 4 atom stereocenters. The van der Waals surface area contributed by atoms with Crippen LogP contribution in [0.3, 0.4) is 0 Å². The molecule has 4 N–H and O–H groups in total. The number of hydrogen-bond donors (Lipinski definition) is 4. The van der Waals surface area contributed by atoms with Gasteiger partial charge < -0.3 is 44.6 Å². The standard InChI is InChI=1S/C46H62N8O7/c1-7-31(32-20-22-33(23-21-32)35-27-47-41(48-35)37-16-13-25-54(37)44(56)39(29(2)3)52-46(58)60-6)19-18-30(4)40-36-28-61-26-12-10-8-9-11-15-34(50-45(57)59-5)43(55)53-24-14-17-38(53)42(49-36)51-40/h7,18-23,27,29,34,37-39H,1,8-17,24-26,28H2,2-6H3,(H,47,48)(H,49,51)(H,50,57)(H,52,58)/b30-18+,31-19+/t34-,37-,38-,39-/m0/s1. The zero-order valence-corrected chi connectivity index (χ0v) is 36.3. The Morgan fingerprint density at radius 1 is 0.902 bits per heavy atom. The highest BCUT2D eigenvalue weighted by Gasteiger charge is 2.38. The fourth-order valence-electron chi connectivity index (χ4n) is 8.51. The summed E-state index contributed by atoms with van der Waals surface area (Å²) < 4.78 is 15.8. The van der Waals surface area contributed by atoms with Crippen LogP contribution in [0.1, 0.15) is 126 Å². The molecule has 3 aromatic rings. The molecule has 5 heterocycles. The lowest BCUT2D eigenvalue weighted by atomic mass is 10.0. The van der Waals surface area contributed by atoms with Crippen molar-refractivity contribution >= 4 is 35.1 Å². The van der Waals surface area contributed by atoms with E-state index in [9.17, 15) is 19.2 Å². The number of amides is 4. The molecule has 2 saturated heterocycles. The Hall–Kier alpha value is -5.70. The highest BCUT2D eigenvalue weighted by atomic mass is 16.5. The maximum absolute atomic E-state index is 13.9. The Bertz CT molecular complexity index is 2070. The van der Waals surface area contributed by atoms with Crippen LogP contribution < -0.4 is 10.6 Å². The van der Waals surface area contributed by atoms with Crippen molar-refractivity contribution in [2.45, 2.75) is 116 Å². The van der Waals surface area contributed by atoms with Crippen molar-refractivity contribution < 1.29 is 33.4 Å². The molecule has 15 heteroatoms. The van der Waals surface area contributed by atoms with E-state index in [1.807, 2.05) is 74.4 Å². The molecule has 0 aliphatic carbocycles. The van der Waals surface area contributed by atoms with Crippen molar-refractivity contribution in [1.29, 1.82) is 0 Å². The molecular weight excluding hydrogens is 777 g/mol. The molecule has 1 aromatic carbocycles. The van der Waals surface area contributed by atoms with Gasteiger partial charge in [0.2, 0.25) is 11.8 Å². The van der Waals surface area contributed by atoms with Crippen LogP contribution in [0.4, 0.5) is 9.59 Å². The SMILES string of the molecule is C=C/C(=C\C=C(/C)c1nc2[nH]c1COCCCCCCC[C@H](NC(=O)OC)C(=O)N1CCC[C@@H]21)c1ccc(-c2c[nH]c([C@@H]3CCCN3C(=O)[C@@H](NC(=O)OC)C(C)C)n2)cc1. The van der Waals surface area contributed by atoms with E-state index in [0.29, 0.717) is 44.4 Å². The van der Waals surface area contributed by atoms with Crippen LogP contribution in [-0.2, 0) is 30.4 Å². The third kappa shape index (κ3) is 11.0. The van der Waals surface area contributed by atoms with Crippen molar-refractivity contribution in [3.8, 4) is 11.3 Å². The number of carbonyl (C=O) groups excluding carboxylic acids is 4. The number of imidazole rings is 2. The molecule has 0 saturated carbocycles. The third-order valence-electron chi connectivity index (χ3n) is 11.9. The first-order valence-corrected chi connectivity index (χ1v) is 21.7. The quantitative estimate of drug-likeness (QED) is 0.148. The average molecular weight is 839 g/mol. The molecule has 61 heavy (non-hydrogen) atoms. The number of nitrogens with one attached hydrogen (secondary N) is 4. The number of hydrogen-bond acceptors (Lipinski definition) is 9. The number of H-pyrrole nitrogens is 2. The van der Waals surface area contributed by atoms with Crippen LogP contribution in [-0.4, -0.2) is 99.7 Å². The second kappa shape index (κ2) is 21.2. The van der Waals surface area contributed by atoms with Crippen molar-refractivity contribution in [1.82, 2.24) is 40.4 Å². The molecule has 4 amide bonds. The van der Waals surface area contributed by atoms with E-state index in [2.05, 4.69) is 27.2 Å². The van der Waals surface area contributed by atoms with Crippen molar-refractivity contribution in [3.63, 3.8) is 0 Å². The summed E-state index contributed by atoms with van der Waals surface area (Å²) >= 11 is 0. The molecule has 3 aliphatic rings. The normalized spacial score (nSPS) is 21.2. The summed E-state index contributed by atoms with van der Waals surface area (Å²) in [4.78, 5) is 72.3. The number of ether oxygens (including phenoxy) is 3. The molecule has 0 spiro atoms. The number of fused-ring (bicyclic) bond motifs is 4. The zero-order valence-electron chi connectivity index (χ0n) is 36.3. The highest BCUT2D eigenvalue weighted by Crippen LogP contribution is 2.35. The lowest BCUT2D eigenvalue weighted by Crippen LogP contribution is -2.51. The summed E-state index contributed by atoms with van der Waals surface area (Å²) in [6.45, 7) is 12.1. The Labute approximate surface area is 358 Å². The molecule has 15 nitrogen and oxygen atoms in total. The van der Waals surface area contributed by atoms with E-state index in [1.54, 1.807) is 4.90 Å². The van der Waals surface area contributed by atoms with E-state index in [-0.39, 0.29) is 29.8 Å². The average Bonchev–Trinajstić information content (AvgIpc) is 4.11. The minimum atomic E-state index is -0.700. The predicted molar refractivity (Wildman–Crippen MR) is 233 cm³/mol. The van der Waals surface area contributed by atoms with Crippen molar-refractivity contribution in [2.24, 2.45) is 5.92 Å².